The van der Waals surface area contributed by atoms with Gasteiger partial charge in [-0.2, -0.15) is 0 Å². The summed E-state index contributed by atoms with van der Waals surface area (Å²) in [6, 6.07) is 19.7. The monoisotopic (exact) mass is 348 g/mol. The van der Waals surface area contributed by atoms with Crippen molar-refractivity contribution in [2.75, 3.05) is 26.7 Å². The van der Waals surface area contributed by atoms with Gasteiger partial charge in [-0.15, -0.1) is 0 Å². The van der Waals surface area contributed by atoms with Gasteiger partial charge in [0.15, 0.2) is 0 Å². The zero-order valence-corrected chi connectivity index (χ0v) is 15.6. The number of aromatic amines is 1. The molecule has 136 valence electrons. The van der Waals surface area contributed by atoms with Gasteiger partial charge in [-0.25, -0.2) is 4.98 Å². The lowest BCUT2D eigenvalue weighted by molar-refractivity contribution is 0.111. The summed E-state index contributed by atoms with van der Waals surface area (Å²) in [6.45, 7) is 4.33. The van der Waals surface area contributed by atoms with Crippen LogP contribution in [0.25, 0.3) is 11.0 Å². The lowest BCUT2D eigenvalue weighted by Gasteiger charge is -2.37. The van der Waals surface area contributed by atoms with Crippen molar-refractivity contribution >= 4 is 11.0 Å². The van der Waals surface area contributed by atoms with E-state index >= 15 is 0 Å². The SMILES string of the molecule is CN(CCc1ccccc1)C1CCCN(Cc2nc3ccccc3[nH]2)C1. The second-order valence-corrected chi connectivity index (χ2v) is 7.45. The Morgan fingerprint density at radius 3 is 2.77 bits per heavy atom. The molecule has 4 heteroatoms. The summed E-state index contributed by atoms with van der Waals surface area (Å²) in [7, 11) is 2.28. The minimum atomic E-state index is 0.636. The van der Waals surface area contributed by atoms with E-state index in [9.17, 15) is 0 Å². The number of hydrogen-bond donors (Lipinski definition) is 1. The van der Waals surface area contributed by atoms with Gasteiger partial charge in [0.2, 0.25) is 0 Å². The second kappa shape index (κ2) is 8.02. The van der Waals surface area contributed by atoms with Crippen molar-refractivity contribution in [2.45, 2.75) is 31.8 Å². The Balaban J connectivity index is 1.33. The Bertz CT molecular complexity index is 793. The zero-order valence-electron chi connectivity index (χ0n) is 15.6. The van der Waals surface area contributed by atoms with Gasteiger partial charge >= 0.3 is 0 Å². The number of aromatic nitrogens is 2. The predicted molar refractivity (Wildman–Crippen MR) is 107 cm³/mol. The fourth-order valence-electron chi connectivity index (χ4n) is 3.96. The lowest BCUT2D eigenvalue weighted by Crippen LogP contribution is -2.46. The van der Waals surface area contributed by atoms with Crippen LogP contribution in [0.5, 0.6) is 0 Å². The van der Waals surface area contributed by atoms with Crippen molar-refractivity contribution in [3.8, 4) is 0 Å². The van der Waals surface area contributed by atoms with Gasteiger partial charge < -0.3 is 9.88 Å². The van der Waals surface area contributed by atoms with Crippen molar-refractivity contribution < 1.29 is 0 Å². The number of piperidine rings is 1. The summed E-state index contributed by atoms with van der Waals surface area (Å²) in [6.07, 6.45) is 3.68. The summed E-state index contributed by atoms with van der Waals surface area (Å²) >= 11 is 0. The summed E-state index contributed by atoms with van der Waals surface area (Å²) in [5, 5.41) is 0. The molecular weight excluding hydrogens is 320 g/mol. The van der Waals surface area contributed by atoms with Crippen molar-refractivity contribution in [3.05, 3.63) is 66.0 Å². The first-order chi connectivity index (χ1) is 12.8. The van der Waals surface area contributed by atoms with Gasteiger partial charge in [0, 0.05) is 19.1 Å². The van der Waals surface area contributed by atoms with Crippen LogP contribution in [0.15, 0.2) is 54.6 Å². The van der Waals surface area contributed by atoms with Gasteiger partial charge in [0.25, 0.3) is 0 Å². The highest BCUT2D eigenvalue weighted by Crippen LogP contribution is 2.18. The Morgan fingerprint density at radius 1 is 1.12 bits per heavy atom. The van der Waals surface area contributed by atoms with E-state index in [0.29, 0.717) is 6.04 Å². The molecule has 0 amide bonds. The predicted octanol–water partition coefficient (Wildman–Crippen LogP) is 3.70. The number of rotatable bonds is 6. The molecule has 1 fully saturated rings. The average Bonchev–Trinajstić information content (AvgIpc) is 3.09. The van der Waals surface area contributed by atoms with Crippen LogP contribution >= 0.6 is 0 Å². The molecule has 1 atom stereocenters. The summed E-state index contributed by atoms with van der Waals surface area (Å²) in [5.41, 5.74) is 3.63. The van der Waals surface area contributed by atoms with E-state index < -0.39 is 0 Å². The molecule has 2 heterocycles. The summed E-state index contributed by atoms with van der Waals surface area (Å²) in [5.74, 6) is 1.08. The third kappa shape index (κ3) is 4.14. The summed E-state index contributed by atoms with van der Waals surface area (Å²) in [4.78, 5) is 13.3. The third-order valence-electron chi connectivity index (χ3n) is 5.51. The summed E-state index contributed by atoms with van der Waals surface area (Å²) < 4.78 is 0. The van der Waals surface area contributed by atoms with Crippen LogP contribution in [-0.2, 0) is 13.0 Å². The molecule has 2 aromatic carbocycles. The molecule has 0 aliphatic carbocycles. The van der Waals surface area contributed by atoms with Crippen LogP contribution < -0.4 is 0 Å². The maximum absolute atomic E-state index is 4.74. The highest BCUT2D eigenvalue weighted by Gasteiger charge is 2.23. The molecule has 26 heavy (non-hydrogen) atoms. The molecule has 0 spiro atoms. The van der Waals surface area contributed by atoms with Gasteiger partial charge in [-0.1, -0.05) is 42.5 Å². The molecule has 0 saturated carbocycles. The van der Waals surface area contributed by atoms with Crippen LogP contribution in [0, 0.1) is 0 Å². The number of H-pyrrole nitrogens is 1. The zero-order chi connectivity index (χ0) is 17.8. The van der Waals surface area contributed by atoms with Gasteiger partial charge in [-0.05, 0) is 50.6 Å². The number of imidazole rings is 1. The number of nitrogens with zero attached hydrogens (tertiary/aromatic N) is 3. The first-order valence-electron chi connectivity index (χ1n) is 9.68. The second-order valence-electron chi connectivity index (χ2n) is 7.45. The van der Waals surface area contributed by atoms with Crippen molar-refractivity contribution in [3.63, 3.8) is 0 Å². The quantitative estimate of drug-likeness (QED) is 0.738. The van der Waals surface area contributed by atoms with E-state index in [2.05, 4.69) is 70.4 Å². The minimum absolute atomic E-state index is 0.636. The molecule has 4 rings (SSSR count). The Morgan fingerprint density at radius 2 is 1.92 bits per heavy atom. The minimum Gasteiger partial charge on any atom is -0.341 e. The van der Waals surface area contributed by atoms with E-state index in [1.165, 1.54) is 24.9 Å². The molecule has 3 aromatic rings. The number of fused-ring (bicyclic) bond motifs is 1. The van der Waals surface area contributed by atoms with E-state index in [-0.39, 0.29) is 0 Å². The van der Waals surface area contributed by atoms with Gasteiger partial charge in [0.05, 0.1) is 17.6 Å². The van der Waals surface area contributed by atoms with Crippen molar-refractivity contribution in [1.82, 2.24) is 19.8 Å². The van der Waals surface area contributed by atoms with E-state index in [1.54, 1.807) is 0 Å². The fraction of sp³-hybridized carbons (Fsp3) is 0.409. The van der Waals surface area contributed by atoms with Crippen LogP contribution in [0.2, 0.25) is 0 Å². The highest BCUT2D eigenvalue weighted by atomic mass is 15.2. The molecule has 1 aromatic heterocycles. The van der Waals surface area contributed by atoms with Gasteiger partial charge in [-0.3, -0.25) is 4.90 Å². The van der Waals surface area contributed by atoms with Crippen molar-refractivity contribution in [2.24, 2.45) is 0 Å². The lowest BCUT2D eigenvalue weighted by atomic mass is 10.0. The Kier molecular flexibility index (Phi) is 5.32. The number of hydrogen-bond acceptors (Lipinski definition) is 3. The molecule has 1 N–H and O–H groups in total. The van der Waals surface area contributed by atoms with Gasteiger partial charge in [0.1, 0.15) is 5.82 Å². The number of nitrogens with one attached hydrogen (secondary N) is 1. The molecule has 1 unspecified atom stereocenters. The molecule has 1 saturated heterocycles. The third-order valence-corrected chi connectivity index (χ3v) is 5.51. The fourth-order valence-corrected chi connectivity index (χ4v) is 3.96. The van der Waals surface area contributed by atoms with E-state index in [0.717, 1.165) is 42.9 Å². The smallest absolute Gasteiger partial charge is 0.121 e. The molecule has 1 aliphatic rings. The molecule has 0 bridgehead atoms. The molecule has 0 radical (unpaired) electrons. The number of likely N-dealkylation sites (tertiary alicyclic amines) is 1. The number of likely N-dealkylation sites (N-methyl/N-ethyl adjacent to an activating group) is 1. The number of para-hydroxylation sites is 2. The normalized spacial score (nSPS) is 18.6. The standard InChI is InChI=1S/C22H28N4/c1-25(15-13-18-8-3-2-4-9-18)19-10-7-14-26(16-19)17-22-23-20-11-5-6-12-21(20)24-22/h2-6,8-9,11-12,19H,7,10,13-17H2,1H3,(H,23,24). The van der Waals surface area contributed by atoms with Crippen LogP contribution in [0.3, 0.4) is 0 Å². The largest absolute Gasteiger partial charge is 0.341 e. The van der Waals surface area contributed by atoms with E-state index in [4.69, 9.17) is 4.98 Å². The molecule has 4 nitrogen and oxygen atoms in total. The average molecular weight is 348 g/mol. The highest BCUT2D eigenvalue weighted by molar-refractivity contribution is 5.74. The maximum Gasteiger partial charge on any atom is 0.121 e. The topological polar surface area (TPSA) is 35.2 Å². The first kappa shape index (κ1) is 17.3. The Hall–Kier alpha value is -2.17. The Labute approximate surface area is 155 Å². The number of benzene rings is 2. The van der Waals surface area contributed by atoms with Crippen LogP contribution in [0.4, 0.5) is 0 Å². The maximum atomic E-state index is 4.74. The van der Waals surface area contributed by atoms with Crippen molar-refractivity contribution in [1.29, 1.82) is 0 Å². The van der Waals surface area contributed by atoms with Crippen LogP contribution in [-0.4, -0.2) is 52.5 Å². The van der Waals surface area contributed by atoms with Crippen LogP contribution in [0.1, 0.15) is 24.2 Å². The molecule has 1 aliphatic heterocycles. The first-order valence-corrected chi connectivity index (χ1v) is 9.68. The molecular formula is C22H28N4. The van der Waals surface area contributed by atoms with E-state index in [1.807, 2.05) is 6.07 Å².